The van der Waals surface area contributed by atoms with Crippen LogP contribution in [0.2, 0.25) is 10.0 Å². The number of carbonyl (C=O) groups excluding carboxylic acids is 1. The molecule has 1 aliphatic carbocycles. The predicted molar refractivity (Wildman–Crippen MR) is 131 cm³/mol. The lowest BCUT2D eigenvalue weighted by atomic mass is 9.95. The van der Waals surface area contributed by atoms with Crippen molar-refractivity contribution in [1.29, 1.82) is 0 Å². The van der Waals surface area contributed by atoms with Gasteiger partial charge in [-0.25, -0.2) is 9.67 Å². The van der Waals surface area contributed by atoms with Gasteiger partial charge in [-0.3, -0.25) is 4.79 Å². The smallest absolute Gasteiger partial charge is 0.255 e. The van der Waals surface area contributed by atoms with Gasteiger partial charge in [0.05, 0.1) is 38.9 Å². The van der Waals surface area contributed by atoms with Gasteiger partial charge in [-0.05, 0) is 37.8 Å². The number of nitrogens with zero attached hydrogens (tertiary/aromatic N) is 3. The summed E-state index contributed by atoms with van der Waals surface area (Å²) in [5, 5.41) is 13.1. The predicted octanol–water partition coefficient (Wildman–Crippen LogP) is 6.38. The average molecular weight is 474 g/mol. The monoisotopic (exact) mass is 473 g/mol. The van der Waals surface area contributed by atoms with Gasteiger partial charge in [0.25, 0.3) is 5.91 Å². The standard InChI is InChI=1S/C24H29Cl2N5O/c1-3-20(16-11-8-12-19(25)21(16)26)30-24(32)18-13-27-23-17(14-28-31(23)4-2)22(18)29-15-9-6-5-7-10-15/h8,11-15,20H,3-7,9-10H2,1-2H3,(H,27,29)(H,30,32). The van der Waals surface area contributed by atoms with E-state index in [2.05, 4.69) is 20.7 Å². The van der Waals surface area contributed by atoms with Crippen molar-refractivity contribution in [3.8, 4) is 0 Å². The van der Waals surface area contributed by atoms with Crippen molar-refractivity contribution in [3.63, 3.8) is 0 Å². The minimum Gasteiger partial charge on any atom is -0.381 e. The number of hydrogen-bond donors (Lipinski definition) is 2. The Morgan fingerprint density at radius 1 is 1.19 bits per heavy atom. The van der Waals surface area contributed by atoms with Crippen molar-refractivity contribution in [2.45, 2.75) is 71.0 Å². The van der Waals surface area contributed by atoms with Crippen LogP contribution in [0.1, 0.15) is 74.3 Å². The van der Waals surface area contributed by atoms with Gasteiger partial charge in [-0.15, -0.1) is 0 Å². The van der Waals surface area contributed by atoms with Crippen LogP contribution >= 0.6 is 23.2 Å². The molecule has 170 valence electrons. The molecular formula is C24H29Cl2N5O. The Morgan fingerprint density at radius 3 is 2.69 bits per heavy atom. The summed E-state index contributed by atoms with van der Waals surface area (Å²) in [7, 11) is 0. The van der Waals surface area contributed by atoms with Gasteiger partial charge in [0, 0.05) is 18.8 Å². The molecule has 32 heavy (non-hydrogen) atoms. The van der Waals surface area contributed by atoms with Gasteiger partial charge in [-0.1, -0.05) is 61.5 Å². The van der Waals surface area contributed by atoms with E-state index >= 15 is 0 Å². The molecule has 2 N–H and O–H groups in total. The second kappa shape index (κ2) is 10.1. The quantitative estimate of drug-likeness (QED) is 0.417. The third-order valence-corrected chi connectivity index (χ3v) is 7.07. The number of halogens is 2. The maximum Gasteiger partial charge on any atom is 0.255 e. The Hall–Kier alpha value is -2.31. The molecule has 1 saturated carbocycles. The number of aryl methyl sites for hydroxylation is 1. The number of aromatic nitrogens is 3. The summed E-state index contributed by atoms with van der Waals surface area (Å²) in [5.41, 5.74) is 2.93. The number of nitrogens with one attached hydrogen (secondary N) is 2. The zero-order chi connectivity index (χ0) is 22.7. The van der Waals surface area contributed by atoms with E-state index in [1.807, 2.05) is 30.7 Å². The highest BCUT2D eigenvalue weighted by molar-refractivity contribution is 6.42. The number of hydrogen-bond acceptors (Lipinski definition) is 4. The number of pyridine rings is 1. The molecule has 0 radical (unpaired) electrons. The van der Waals surface area contributed by atoms with Crippen LogP contribution in [0, 0.1) is 0 Å². The topological polar surface area (TPSA) is 71.8 Å². The van der Waals surface area contributed by atoms with E-state index in [9.17, 15) is 4.79 Å². The molecule has 1 atom stereocenters. The van der Waals surface area contributed by atoms with Crippen molar-refractivity contribution < 1.29 is 4.79 Å². The van der Waals surface area contributed by atoms with E-state index in [1.54, 1.807) is 18.5 Å². The van der Waals surface area contributed by atoms with Crippen molar-refractivity contribution in [2.24, 2.45) is 0 Å². The fourth-order valence-electron chi connectivity index (χ4n) is 4.46. The van der Waals surface area contributed by atoms with Crippen LogP contribution in [-0.2, 0) is 6.54 Å². The van der Waals surface area contributed by atoms with Gasteiger partial charge in [0.15, 0.2) is 5.65 Å². The summed E-state index contributed by atoms with van der Waals surface area (Å²) in [6.07, 6.45) is 10.0. The summed E-state index contributed by atoms with van der Waals surface area (Å²) < 4.78 is 1.85. The molecule has 0 bridgehead atoms. The van der Waals surface area contributed by atoms with E-state index in [-0.39, 0.29) is 11.9 Å². The average Bonchev–Trinajstić information content (AvgIpc) is 3.24. The van der Waals surface area contributed by atoms with E-state index < -0.39 is 0 Å². The van der Waals surface area contributed by atoms with E-state index in [1.165, 1.54) is 19.3 Å². The fourth-order valence-corrected chi connectivity index (χ4v) is 4.90. The van der Waals surface area contributed by atoms with Gasteiger partial charge in [-0.2, -0.15) is 5.10 Å². The molecule has 0 saturated heterocycles. The van der Waals surface area contributed by atoms with Crippen LogP contribution in [0.15, 0.2) is 30.6 Å². The van der Waals surface area contributed by atoms with Crippen LogP contribution in [0.4, 0.5) is 5.69 Å². The lowest BCUT2D eigenvalue weighted by Gasteiger charge is -2.26. The maximum absolute atomic E-state index is 13.5. The summed E-state index contributed by atoms with van der Waals surface area (Å²) in [6, 6.07) is 5.58. The van der Waals surface area contributed by atoms with Crippen LogP contribution in [0.5, 0.6) is 0 Å². The minimum atomic E-state index is -0.259. The van der Waals surface area contributed by atoms with Crippen LogP contribution < -0.4 is 10.6 Å². The molecule has 1 fully saturated rings. The Kier molecular flexibility index (Phi) is 7.21. The second-order valence-electron chi connectivity index (χ2n) is 8.30. The number of carbonyl (C=O) groups is 1. The first-order valence-electron chi connectivity index (χ1n) is 11.4. The minimum absolute atomic E-state index is 0.190. The summed E-state index contributed by atoms with van der Waals surface area (Å²) >= 11 is 12.6. The third kappa shape index (κ3) is 4.57. The van der Waals surface area contributed by atoms with Crippen molar-refractivity contribution >= 4 is 45.8 Å². The SMILES string of the molecule is CCC(NC(=O)c1cnc2c(cnn2CC)c1NC1CCCCC1)c1cccc(Cl)c1Cl. The van der Waals surface area contributed by atoms with E-state index in [0.717, 1.165) is 41.7 Å². The summed E-state index contributed by atoms with van der Waals surface area (Å²) in [5.74, 6) is -0.190. The largest absolute Gasteiger partial charge is 0.381 e. The zero-order valence-electron chi connectivity index (χ0n) is 18.5. The van der Waals surface area contributed by atoms with Crippen LogP contribution in [0.3, 0.4) is 0 Å². The number of benzene rings is 1. The van der Waals surface area contributed by atoms with Gasteiger partial charge >= 0.3 is 0 Å². The van der Waals surface area contributed by atoms with Crippen molar-refractivity contribution in [3.05, 3.63) is 51.8 Å². The Morgan fingerprint density at radius 2 is 1.97 bits per heavy atom. The fraction of sp³-hybridized carbons (Fsp3) is 0.458. The van der Waals surface area contributed by atoms with Crippen LogP contribution in [0.25, 0.3) is 11.0 Å². The van der Waals surface area contributed by atoms with Gasteiger partial charge in [0.1, 0.15) is 0 Å². The van der Waals surface area contributed by atoms with E-state index in [0.29, 0.717) is 28.1 Å². The molecule has 8 heteroatoms. The molecular weight excluding hydrogens is 445 g/mol. The molecule has 1 aliphatic rings. The maximum atomic E-state index is 13.5. The van der Waals surface area contributed by atoms with Crippen molar-refractivity contribution in [2.75, 3.05) is 5.32 Å². The number of amides is 1. The third-order valence-electron chi connectivity index (χ3n) is 6.23. The molecule has 3 aromatic rings. The van der Waals surface area contributed by atoms with E-state index in [4.69, 9.17) is 23.2 Å². The summed E-state index contributed by atoms with van der Waals surface area (Å²) in [6.45, 7) is 4.76. The molecule has 1 aromatic carbocycles. The number of rotatable bonds is 7. The highest BCUT2D eigenvalue weighted by Gasteiger charge is 2.24. The first kappa shape index (κ1) is 22.9. The summed E-state index contributed by atoms with van der Waals surface area (Å²) in [4.78, 5) is 18.0. The molecule has 1 amide bonds. The van der Waals surface area contributed by atoms with Gasteiger partial charge < -0.3 is 10.6 Å². The second-order valence-corrected chi connectivity index (χ2v) is 9.09. The molecule has 4 rings (SSSR count). The highest BCUT2D eigenvalue weighted by Crippen LogP contribution is 2.33. The van der Waals surface area contributed by atoms with Crippen molar-refractivity contribution in [1.82, 2.24) is 20.1 Å². The Labute approximate surface area is 198 Å². The zero-order valence-corrected chi connectivity index (χ0v) is 20.0. The lowest BCUT2D eigenvalue weighted by molar-refractivity contribution is 0.0936. The Bertz CT molecular complexity index is 1110. The Balaban J connectivity index is 1.69. The van der Waals surface area contributed by atoms with Crippen LogP contribution in [-0.4, -0.2) is 26.7 Å². The number of anilines is 1. The molecule has 2 aromatic heterocycles. The van der Waals surface area contributed by atoms with Gasteiger partial charge in [0.2, 0.25) is 0 Å². The first-order valence-corrected chi connectivity index (χ1v) is 12.1. The molecule has 0 aliphatic heterocycles. The molecule has 0 spiro atoms. The normalized spacial score (nSPS) is 15.6. The first-order chi connectivity index (χ1) is 15.5. The number of fused-ring (bicyclic) bond motifs is 1. The molecule has 1 unspecified atom stereocenters. The molecule has 6 nitrogen and oxygen atoms in total. The molecule has 2 heterocycles. The highest BCUT2D eigenvalue weighted by atomic mass is 35.5. The lowest BCUT2D eigenvalue weighted by Crippen LogP contribution is -2.30.